The van der Waals surface area contributed by atoms with Crippen molar-refractivity contribution in [2.75, 3.05) is 19.6 Å². The van der Waals surface area contributed by atoms with Crippen molar-refractivity contribution in [1.82, 2.24) is 10.2 Å². The number of piperidine rings is 1. The lowest BCUT2D eigenvalue weighted by Crippen LogP contribution is -2.51. The molecule has 1 fully saturated rings. The molecule has 1 amide bonds. The molecule has 0 aromatic carbocycles. The van der Waals surface area contributed by atoms with Crippen LogP contribution >= 0.6 is 0 Å². The highest BCUT2D eigenvalue weighted by Crippen LogP contribution is 2.23. The molecule has 16 heavy (non-hydrogen) atoms. The van der Waals surface area contributed by atoms with Crippen LogP contribution in [0.5, 0.6) is 0 Å². The SMILES string of the molecule is CCCN1CC(NC(C)=O)CC(C(C)C)C1. The molecule has 1 N–H and O–H groups in total. The minimum absolute atomic E-state index is 0.103. The molecule has 3 heteroatoms. The number of nitrogens with one attached hydrogen (secondary N) is 1. The summed E-state index contributed by atoms with van der Waals surface area (Å²) in [5, 5.41) is 3.07. The van der Waals surface area contributed by atoms with E-state index in [2.05, 4.69) is 31.0 Å². The van der Waals surface area contributed by atoms with Gasteiger partial charge in [0.15, 0.2) is 0 Å². The number of likely N-dealkylation sites (tertiary alicyclic amines) is 1. The summed E-state index contributed by atoms with van der Waals surface area (Å²) in [6, 6.07) is 0.352. The van der Waals surface area contributed by atoms with Gasteiger partial charge in [-0.2, -0.15) is 0 Å². The van der Waals surface area contributed by atoms with Crippen LogP contribution in [0.25, 0.3) is 0 Å². The van der Waals surface area contributed by atoms with Gasteiger partial charge >= 0.3 is 0 Å². The highest BCUT2D eigenvalue weighted by molar-refractivity contribution is 5.73. The molecule has 0 saturated carbocycles. The first-order valence-electron chi connectivity index (χ1n) is 6.52. The minimum atomic E-state index is 0.103. The van der Waals surface area contributed by atoms with Gasteiger partial charge in [-0.05, 0) is 31.2 Å². The van der Waals surface area contributed by atoms with Gasteiger partial charge in [0.05, 0.1) is 0 Å². The van der Waals surface area contributed by atoms with Gasteiger partial charge in [-0.3, -0.25) is 4.79 Å². The predicted molar refractivity (Wildman–Crippen MR) is 67.3 cm³/mol. The molecule has 0 aromatic heterocycles. The molecule has 1 saturated heterocycles. The molecule has 1 heterocycles. The summed E-state index contributed by atoms with van der Waals surface area (Å²) in [5.41, 5.74) is 0. The van der Waals surface area contributed by atoms with Crippen molar-refractivity contribution in [3.63, 3.8) is 0 Å². The van der Waals surface area contributed by atoms with Crippen LogP contribution in [0.3, 0.4) is 0 Å². The average molecular weight is 226 g/mol. The van der Waals surface area contributed by atoms with Crippen LogP contribution in [0.1, 0.15) is 40.5 Å². The number of rotatable bonds is 4. The molecule has 1 rings (SSSR count). The van der Waals surface area contributed by atoms with Gasteiger partial charge in [0, 0.05) is 26.1 Å². The van der Waals surface area contributed by atoms with Crippen LogP contribution in [0.2, 0.25) is 0 Å². The normalized spacial score (nSPS) is 27.1. The summed E-state index contributed by atoms with van der Waals surface area (Å²) >= 11 is 0. The molecular formula is C13H26N2O. The highest BCUT2D eigenvalue weighted by Gasteiger charge is 2.28. The van der Waals surface area contributed by atoms with E-state index in [-0.39, 0.29) is 5.91 Å². The zero-order chi connectivity index (χ0) is 12.1. The Hall–Kier alpha value is -0.570. The van der Waals surface area contributed by atoms with Gasteiger partial charge in [-0.25, -0.2) is 0 Å². The molecule has 0 radical (unpaired) electrons. The zero-order valence-corrected chi connectivity index (χ0v) is 11.1. The summed E-state index contributed by atoms with van der Waals surface area (Å²) < 4.78 is 0. The summed E-state index contributed by atoms with van der Waals surface area (Å²) in [6.45, 7) is 11.8. The van der Waals surface area contributed by atoms with E-state index in [1.165, 1.54) is 13.0 Å². The first-order chi connectivity index (χ1) is 7.52. The number of amides is 1. The first kappa shape index (κ1) is 13.5. The Morgan fingerprint density at radius 3 is 2.62 bits per heavy atom. The van der Waals surface area contributed by atoms with Crippen molar-refractivity contribution >= 4 is 5.91 Å². The summed E-state index contributed by atoms with van der Waals surface area (Å²) in [6.07, 6.45) is 2.33. The van der Waals surface area contributed by atoms with Crippen LogP contribution in [-0.2, 0) is 4.79 Å². The second-order valence-corrected chi connectivity index (χ2v) is 5.40. The van der Waals surface area contributed by atoms with Crippen molar-refractivity contribution in [3.8, 4) is 0 Å². The van der Waals surface area contributed by atoms with Crippen molar-refractivity contribution in [1.29, 1.82) is 0 Å². The van der Waals surface area contributed by atoms with Gasteiger partial charge < -0.3 is 10.2 Å². The third-order valence-corrected chi connectivity index (χ3v) is 3.45. The fourth-order valence-corrected chi connectivity index (χ4v) is 2.61. The van der Waals surface area contributed by atoms with Gasteiger partial charge in [0.25, 0.3) is 0 Å². The standard InChI is InChI=1S/C13H26N2O/c1-5-6-15-8-12(10(2)3)7-13(9-15)14-11(4)16/h10,12-13H,5-9H2,1-4H3,(H,14,16). The van der Waals surface area contributed by atoms with Crippen molar-refractivity contribution in [2.24, 2.45) is 11.8 Å². The van der Waals surface area contributed by atoms with E-state index < -0.39 is 0 Å². The maximum absolute atomic E-state index is 11.1. The molecule has 0 spiro atoms. The fourth-order valence-electron chi connectivity index (χ4n) is 2.61. The number of nitrogens with zero attached hydrogens (tertiary/aromatic N) is 1. The van der Waals surface area contributed by atoms with E-state index in [1.54, 1.807) is 6.92 Å². The quantitative estimate of drug-likeness (QED) is 0.794. The Labute approximate surface area is 99.6 Å². The Morgan fingerprint density at radius 2 is 2.12 bits per heavy atom. The lowest BCUT2D eigenvalue weighted by Gasteiger charge is -2.39. The van der Waals surface area contributed by atoms with Crippen molar-refractivity contribution < 1.29 is 4.79 Å². The number of carbonyl (C=O) groups is 1. The van der Waals surface area contributed by atoms with Crippen LogP contribution in [0, 0.1) is 11.8 Å². The largest absolute Gasteiger partial charge is 0.352 e. The van der Waals surface area contributed by atoms with Crippen molar-refractivity contribution in [3.05, 3.63) is 0 Å². The van der Waals surface area contributed by atoms with E-state index >= 15 is 0 Å². The van der Waals surface area contributed by atoms with Gasteiger partial charge in [-0.1, -0.05) is 20.8 Å². The van der Waals surface area contributed by atoms with Gasteiger partial charge in [0.1, 0.15) is 0 Å². The number of carbonyl (C=O) groups excluding carboxylic acids is 1. The number of hydrogen-bond donors (Lipinski definition) is 1. The topological polar surface area (TPSA) is 32.3 Å². The van der Waals surface area contributed by atoms with Crippen LogP contribution in [0.15, 0.2) is 0 Å². The Morgan fingerprint density at radius 1 is 1.44 bits per heavy atom. The lowest BCUT2D eigenvalue weighted by atomic mass is 9.85. The molecule has 2 atom stereocenters. The number of hydrogen-bond acceptors (Lipinski definition) is 2. The molecule has 2 unspecified atom stereocenters. The zero-order valence-electron chi connectivity index (χ0n) is 11.1. The summed E-state index contributed by atoms with van der Waals surface area (Å²) in [7, 11) is 0. The van der Waals surface area contributed by atoms with Crippen LogP contribution in [-0.4, -0.2) is 36.5 Å². The fraction of sp³-hybridized carbons (Fsp3) is 0.923. The van der Waals surface area contributed by atoms with Gasteiger partial charge in [0.2, 0.25) is 5.91 Å². The maximum atomic E-state index is 11.1. The smallest absolute Gasteiger partial charge is 0.217 e. The Balaban J connectivity index is 2.55. The second kappa shape index (κ2) is 6.24. The Bertz CT molecular complexity index is 228. The minimum Gasteiger partial charge on any atom is -0.352 e. The van der Waals surface area contributed by atoms with E-state index in [0.717, 1.165) is 25.4 Å². The highest BCUT2D eigenvalue weighted by atomic mass is 16.1. The molecule has 0 aromatic rings. The maximum Gasteiger partial charge on any atom is 0.217 e. The van der Waals surface area contributed by atoms with Crippen molar-refractivity contribution in [2.45, 2.75) is 46.6 Å². The first-order valence-corrected chi connectivity index (χ1v) is 6.52. The van der Waals surface area contributed by atoms with E-state index in [1.807, 2.05) is 0 Å². The van der Waals surface area contributed by atoms with Crippen LogP contribution < -0.4 is 5.32 Å². The summed E-state index contributed by atoms with van der Waals surface area (Å²) in [5.74, 6) is 1.53. The lowest BCUT2D eigenvalue weighted by molar-refractivity contribution is -0.120. The molecule has 1 aliphatic rings. The third-order valence-electron chi connectivity index (χ3n) is 3.45. The molecule has 3 nitrogen and oxygen atoms in total. The van der Waals surface area contributed by atoms with E-state index in [9.17, 15) is 4.79 Å². The van der Waals surface area contributed by atoms with Gasteiger partial charge in [-0.15, -0.1) is 0 Å². The molecular weight excluding hydrogens is 200 g/mol. The molecule has 1 aliphatic heterocycles. The predicted octanol–water partition coefficient (Wildman–Crippen LogP) is 1.88. The molecule has 0 aliphatic carbocycles. The van der Waals surface area contributed by atoms with E-state index in [4.69, 9.17) is 0 Å². The molecule has 0 bridgehead atoms. The summed E-state index contributed by atoms with van der Waals surface area (Å²) in [4.78, 5) is 13.6. The third kappa shape index (κ3) is 4.12. The second-order valence-electron chi connectivity index (χ2n) is 5.40. The van der Waals surface area contributed by atoms with Crippen LogP contribution in [0.4, 0.5) is 0 Å². The molecule has 94 valence electrons. The van der Waals surface area contributed by atoms with E-state index in [0.29, 0.717) is 12.0 Å². The average Bonchev–Trinajstić information content (AvgIpc) is 2.16. The Kier molecular flexibility index (Phi) is 5.26. The monoisotopic (exact) mass is 226 g/mol.